The topological polar surface area (TPSA) is 62.5 Å². The van der Waals surface area contributed by atoms with Crippen LogP contribution in [0.25, 0.3) is 11.5 Å². The lowest BCUT2D eigenvalue weighted by atomic mass is 10.2. The normalized spacial score (nSPS) is 14.4. The third-order valence-electron chi connectivity index (χ3n) is 3.61. The average molecular weight is 286 g/mol. The summed E-state index contributed by atoms with van der Waals surface area (Å²) in [7, 11) is 1.80. The maximum absolute atomic E-state index is 12.1. The highest BCUT2D eigenvalue weighted by Crippen LogP contribution is 2.19. The Balaban J connectivity index is 1.66. The molecule has 0 saturated carbocycles. The van der Waals surface area contributed by atoms with Gasteiger partial charge in [-0.25, -0.2) is 0 Å². The molecule has 0 radical (unpaired) electrons. The Morgan fingerprint density at radius 2 is 2.00 bits per heavy atom. The van der Waals surface area contributed by atoms with Gasteiger partial charge in [0.1, 0.15) is 0 Å². The van der Waals surface area contributed by atoms with Crippen molar-refractivity contribution in [3.8, 4) is 11.5 Å². The number of amides is 1. The summed E-state index contributed by atoms with van der Waals surface area (Å²) in [6.45, 7) is 1.98. The number of carbonyl (C=O) groups excluding carboxylic acids is 1. The summed E-state index contributed by atoms with van der Waals surface area (Å²) in [5, 5.41) is 3.94. The van der Waals surface area contributed by atoms with E-state index in [1.54, 1.807) is 11.9 Å². The van der Waals surface area contributed by atoms with E-state index in [1.807, 2.05) is 35.2 Å². The fourth-order valence-electron chi connectivity index (χ4n) is 2.41. The molecular weight excluding hydrogens is 268 g/mol. The van der Waals surface area contributed by atoms with Crippen molar-refractivity contribution in [2.75, 3.05) is 31.6 Å². The minimum atomic E-state index is 0.112. The molecule has 0 atom stereocenters. The first-order valence-electron chi connectivity index (χ1n) is 7.12. The van der Waals surface area contributed by atoms with Crippen molar-refractivity contribution in [2.24, 2.45) is 0 Å². The lowest BCUT2D eigenvalue weighted by molar-refractivity contribution is -0.128. The van der Waals surface area contributed by atoms with Crippen LogP contribution in [0.15, 0.2) is 34.9 Å². The lowest BCUT2D eigenvalue weighted by Crippen LogP contribution is -2.37. The second-order valence-corrected chi connectivity index (χ2v) is 5.21. The van der Waals surface area contributed by atoms with Crippen molar-refractivity contribution in [1.29, 1.82) is 0 Å². The Labute approximate surface area is 123 Å². The quantitative estimate of drug-likeness (QED) is 0.857. The van der Waals surface area contributed by atoms with Gasteiger partial charge >= 0.3 is 0 Å². The summed E-state index contributed by atoms with van der Waals surface area (Å²) >= 11 is 0. The van der Waals surface area contributed by atoms with Gasteiger partial charge in [-0.1, -0.05) is 18.2 Å². The molecule has 3 rings (SSSR count). The van der Waals surface area contributed by atoms with Gasteiger partial charge in [0.05, 0.1) is 6.54 Å². The minimum absolute atomic E-state index is 0.112. The number of nitrogens with zero attached hydrogens (tertiary/aromatic N) is 4. The van der Waals surface area contributed by atoms with Crippen LogP contribution in [0.2, 0.25) is 0 Å². The monoisotopic (exact) mass is 286 g/mol. The zero-order chi connectivity index (χ0) is 14.7. The molecule has 2 heterocycles. The number of rotatable bonds is 4. The van der Waals surface area contributed by atoms with E-state index in [2.05, 4.69) is 10.1 Å². The van der Waals surface area contributed by atoms with Crippen LogP contribution < -0.4 is 4.90 Å². The van der Waals surface area contributed by atoms with Gasteiger partial charge in [-0.3, -0.25) is 4.79 Å². The average Bonchev–Trinajstić information content (AvgIpc) is 3.20. The fraction of sp³-hybridized carbons (Fsp3) is 0.400. The fourth-order valence-corrected chi connectivity index (χ4v) is 2.41. The second-order valence-electron chi connectivity index (χ2n) is 5.21. The highest BCUT2D eigenvalue weighted by molar-refractivity contribution is 5.81. The number of hydrogen-bond donors (Lipinski definition) is 0. The summed E-state index contributed by atoms with van der Waals surface area (Å²) in [6, 6.07) is 9.58. The summed E-state index contributed by atoms with van der Waals surface area (Å²) in [5.41, 5.74) is 0.871. The lowest BCUT2D eigenvalue weighted by Gasteiger charge is -2.19. The first-order valence-corrected chi connectivity index (χ1v) is 7.12. The maximum Gasteiger partial charge on any atom is 0.266 e. The van der Waals surface area contributed by atoms with Crippen molar-refractivity contribution < 1.29 is 9.32 Å². The molecule has 1 aromatic carbocycles. The molecule has 0 bridgehead atoms. The predicted octanol–water partition coefficient (Wildman–Crippen LogP) is 1.80. The number of likely N-dealkylation sites (N-methyl/N-ethyl adjacent to an activating group) is 1. The van der Waals surface area contributed by atoms with Crippen molar-refractivity contribution in [3.05, 3.63) is 30.3 Å². The molecule has 0 N–H and O–H groups in total. The van der Waals surface area contributed by atoms with Crippen molar-refractivity contribution in [1.82, 2.24) is 15.0 Å². The van der Waals surface area contributed by atoms with Crippen molar-refractivity contribution in [2.45, 2.75) is 12.8 Å². The number of likely N-dealkylation sites (tertiary alicyclic amines) is 1. The third kappa shape index (κ3) is 3.04. The van der Waals surface area contributed by atoms with Crippen LogP contribution in [-0.4, -0.2) is 47.6 Å². The number of anilines is 1. The molecule has 0 spiro atoms. The summed E-state index contributed by atoms with van der Waals surface area (Å²) in [5.74, 6) is 1.01. The first-order chi connectivity index (χ1) is 10.2. The summed E-state index contributed by atoms with van der Waals surface area (Å²) < 4.78 is 5.25. The highest BCUT2D eigenvalue weighted by atomic mass is 16.5. The summed E-state index contributed by atoms with van der Waals surface area (Å²) in [4.78, 5) is 20.0. The molecule has 6 nitrogen and oxygen atoms in total. The smallest absolute Gasteiger partial charge is 0.266 e. The maximum atomic E-state index is 12.1. The molecule has 1 saturated heterocycles. The molecule has 0 unspecified atom stereocenters. The van der Waals surface area contributed by atoms with Crippen molar-refractivity contribution in [3.63, 3.8) is 0 Å². The van der Waals surface area contributed by atoms with E-state index in [9.17, 15) is 4.79 Å². The van der Waals surface area contributed by atoms with Crippen LogP contribution in [0.4, 0.5) is 5.95 Å². The SMILES string of the molecule is CN(CC(=O)N1CCCC1)c1noc(-c2ccccc2)n1. The van der Waals surface area contributed by atoms with Gasteiger partial charge in [0, 0.05) is 25.7 Å². The van der Waals surface area contributed by atoms with Gasteiger partial charge in [0.2, 0.25) is 5.91 Å². The number of aromatic nitrogens is 2. The molecule has 2 aromatic rings. The Bertz CT molecular complexity index is 605. The van der Waals surface area contributed by atoms with E-state index >= 15 is 0 Å². The van der Waals surface area contributed by atoms with Crippen LogP contribution in [0.5, 0.6) is 0 Å². The zero-order valence-corrected chi connectivity index (χ0v) is 12.0. The predicted molar refractivity (Wildman–Crippen MR) is 78.8 cm³/mol. The molecule has 110 valence electrons. The molecule has 1 amide bonds. The molecule has 1 aliphatic rings. The molecule has 1 aliphatic heterocycles. The zero-order valence-electron chi connectivity index (χ0n) is 12.0. The Hall–Kier alpha value is -2.37. The van der Waals surface area contributed by atoms with Gasteiger partial charge in [0.15, 0.2) is 0 Å². The van der Waals surface area contributed by atoms with Gasteiger partial charge in [-0.05, 0) is 30.1 Å². The van der Waals surface area contributed by atoms with E-state index in [-0.39, 0.29) is 12.5 Å². The van der Waals surface area contributed by atoms with E-state index < -0.39 is 0 Å². The third-order valence-corrected chi connectivity index (χ3v) is 3.61. The van der Waals surface area contributed by atoms with Crippen molar-refractivity contribution >= 4 is 11.9 Å². The van der Waals surface area contributed by atoms with E-state index in [0.29, 0.717) is 11.8 Å². The van der Waals surface area contributed by atoms with Gasteiger partial charge in [0.25, 0.3) is 11.8 Å². The van der Waals surface area contributed by atoms with Crippen LogP contribution in [0.1, 0.15) is 12.8 Å². The second kappa shape index (κ2) is 5.95. The number of carbonyl (C=O) groups is 1. The molecule has 1 aromatic heterocycles. The first kappa shape index (κ1) is 13.6. The highest BCUT2D eigenvalue weighted by Gasteiger charge is 2.21. The standard InChI is InChI=1S/C15H18N4O2/c1-18(11-13(20)19-9-5-6-10-19)15-16-14(21-17-15)12-7-3-2-4-8-12/h2-4,7-8H,5-6,9-11H2,1H3. The largest absolute Gasteiger partial charge is 0.341 e. The Morgan fingerprint density at radius 3 is 2.71 bits per heavy atom. The van der Waals surface area contributed by atoms with E-state index in [0.717, 1.165) is 31.5 Å². The van der Waals surface area contributed by atoms with Crippen LogP contribution in [-0.2, 0) is 4.79 Å². The van der Waals surface area contributed by atoms with E-state index in [4.69, 9.17) is 4.52 Å². The van der Waals surface area contributed by atoms with Crippen LogP contribution >= 0.6 is 0 Å². The number of hydrogen-bond acceptors (Lipinski definition) is 5. The Kier molecular flexibility index (Phi) is 3.85. The Morgan fingerprint density at radius 1 is 1.29 bits per heavy atom. The molecule has 6 heteroatoms. The van der Waals surface area contributed by atoms with Crippen LogP contribution in [0, 0.1) is 0 Å². The molecular formula is C15H18N4O2. The van der Waals surface area contributed by atoms with E-state index in [1.165, 1.54) is 0 Å². The van der Waals surface area contributed by atoms with Gasteiger partial charge in [-0.15, -0.1) is 0 Å². The molecule has 21 heavy (non-hydrogen) atoms. The van der Waals surface area contributed by atoms with Gasteiger partial charge < -0.3 is 14.3 Å². The van der Waals surface area contributed by atoms with Crippen LogP contribution in [0.3, 0.4) is 0 Å². The molecule has 1 fully saturated rings. The number of benzene rings is 1. The summed E-state index contributed by atoms with van der Waals surface area (Å²) in [6.07, 6.45) is 2.19. The minimum Gasteiger partial charge on any atom is -0.341 e. The van der Waals surface area contributed by atoms with Gasteiger partial charge in [-0.2, -0.15) is 4.98 Å². The molecule has 0 aliphatic carbocycles.